The molecule has 106 valence electrons. The standard InChI is InChI=1S/C17H28N2/c1-3-6-15-9-11-19(12-10-15)13-17(18)16-8-5-4-7-14(16)2/h4-5,7-8,15,17H,3,6,9-13,18H2,1-2H3. The van der Waals surface area contributed by atoms with Crippen molar-refractivity contribution in [3.63, 3.8) is 0 Å². The molecule has 1 aromatic carbocycles. The van der Waals surface area contributed by atoms with Crippen molar-refractivity contribution >= 4 is 0 Å². The lowest BCUT2D eigenvalue weighted by Crippen LogP contribution is -2.38. The summed E-state index contributed by atoms with van der Waals surface area (Å²) in [7, 11) is 0. The van der Waals surface area contributed by atoms with Crippen molar-refractivity contribution in [2.75, 3.05) is 19.6 Å². The molecule has 1 unspecified atom stereocenters. The van der Waals surface area contributed by atoms with E-state index in [0.29, 0.717) is 0 Å². The van der Waals surface area contributed by atoms with Gasteiger partial charge in [0.1, 0.15) is 0 Å². The third-order valence-electron chi connectivity index (χ3n) is 4.45. The van der Waals surface area contributed by atoms with E-state index in [2.05, 4.69) is 43.0 Å². The second-order valence-electron chi connectivity index (χ2n) is 6.00. The first-order valence-electron chi connectivity index (χ1n) is 7.74. The predicted molar refractivity (Wildman–Crippen MR) is 82.2 cm³/mol. The molecular formula is C17H28N2. The summed E-state index contributed by atoms with van der Waals surface area (Å²) in [6.07, 6.45) is 5.44. The predicted octanol–water partition coefficient (Wildman–Crippen LogP) is 3.51. The van der Waals surface area contributed by atoms with Crippen molar-refractivity contribution in [1.29, 1.82) is 0 Å². The van der Waals surface area contributed by atoms with Gasteiger partial charge >= 0.3 is 0 Å². The summed E-state index contributed by atoms with van der Waals surface area (Å²) in [5, 5.41) is 0. The van der Waals surface area contributed by atoms with E-state index in [1.54, 1.807) is 0 Å². The van der Waals surface area contributed by atoms with Crippen molar-refractivity contribution in [1.82, 2.24) is 4.90 Å². The molecule has 1 heterocycles. The maximum atomic E-state index is 6.38. The third kappa shape index (κ3) is 4.05. The van der Waals surface area contributed by atoms with Crippen LogP contribution >= 0.6 is 0 Å². The number of rotatable bonds is 5. The fourth-order valence-corrected chi connectivity index (χ4v) is 3.25. The minimum absolute atomic E-state index is 0.156. The Balaban J connectivity index is 1.84. The van der Waals surface area contributed by atoms with Gasteiger partial charge in [0, 0.05) is 12.6 Å². The highest BCUT2D eigenvalue weighted by atomic mass is 15.1. The highest BCUT2D eigenvalue weighted by molar-refractivity contribution is 5.28. The Labute approximate surface area is 118 Å². The number of hydrogen-bond acceptors (Lipinski definition) is 2. The number of piperidine rings is 1. The largest absolute Gasteiger partial charge is 0.323 e. The van der Waals surface area contributed by atoms with Gasteiger partial charge in [-0.25, -0.2) is 0 Å². The van der Waals surface area contributed by atoms with Crippen LogP contribution in [0.1, 0.15) is 49.8 Å². The molecule has 0 aromatic heterocycles. The van der Waals surface area contributed by atoms with Gasteiger partial charge in [-0.3, -0.25) is 0 Å². The van der Waals surface area contributed by atoms with Crippen molar-refractivity contribution in [2.45, 2.75) is 45.6 Å². The van der Waals surface area contributed by atoms with Crippen molar-refractivity contribution in [3.8, 4) is 0 Å². The molecule has 1 saturated heterocycles. The second kappa shape index (κ2) is 7.06. The first-order valence-corrected chi connectivity index (χ1v) is 7.74. The van der Waals surface area contributed by atoms with Crippen molar-refractivity contribution in [3.05, 3.63) is 35.4 Å². The van der Waals surface area contributed by atoms with Crippen LogP contribution in [0.5, 0.6) is 0 Å². The number of benzene rings is 1. The van der Waals surface area contributed by atoms with Gasteiger partial charge < -0.3 is 10.6 Å². The maximum Gasteiger partial charge on any atom is 0.0426 e. The summed E-state index contributed by atoms with van der Waals surface area (Å²) in [5.74, 6) is 0.955. The Morgan fingerprint density at radius 2 is 1.95 bits per heavy atom. The van der Waals surface area contributed by atoms with Gasteiger partial charge in [0.15, 0.2) is 0 Å². The molecule has 2 rings (SSSR count). The van der Waals surface area contributed by atoms with Gasteiger partial charge in [-0.05, 0) is 49.9 Å². The topological polar surface area (TPSA) is 29.3 Å². The number of nitrogens with two attached hydrogens (primary N) is 1. The molecule has 0 spiro atoms. The number of nitrogens with zero attached hydrogens (tertiary/aromatic N) is 1. The average Bonchev–Trinajstić information content (AvgIpc) is 2.42. The van der Waals surface area contributed by atoms with Crippen LogP contribution in [0.15, 0.2) is 24.3 Å². The lowest BCUT2D eigenvalue weighted by Gasteiger charge is -2.33. The first kappa shape index (κ1) is 14.5. The molecule has 1 atom stereocenters. The number of hydrogen-bond donors (Lipinski definition) is 1. The van der Waals surface area contributed by atoms with Gasteiger partial charge in [0.25, 0.3) is 0 Å². The summed E-state index contributed by atoms with van der Waals surface area (Å²) in [6.45, 7) is 7.90. The van der Waals surface area contributed by atoms with Gasteiger partial charge in [-0.2, -0.15) is 0 Å². The summed E-state index contributed by atoms with van der Waals surface area (Å²) >= 11 is 0. The zero-order chi connectivity index (χ0) is 13.7. The van der Waals surface area contributed by atoms with E-state index in [-0.39, 0.29) is 6.04 Å². The van der Waals surface area contributed by atoms with Crippen molar-refractivity contribution in [2.24, 2.45) is 11.7 Å². The maximum absolute atomic E-state index is 6.38. The molecule has 2 nitrogen and oxygen atoms in total. The Hall–Kier alpha value is -0.860. The summed E-state index contributed by atoms with van der Waals surface area (Å²) in [4.78, 5) is 2.54. The lowest BCUT2D eigenvalue weighted by molar-refractivity contribution is 0.170. The van der Waals surface area contributed by atoms with E-state index in [1.165, 1.54) is 49.9 Å². The molecule has 1 aliphatic rings. The fraction of sp³-hybridized carbons (Fsp3) is 0.647. The van der Waals surface area contributed by atoms with Crippen LogP contribution in [0.4, 0.5) is 0 Å². The molecule has 0 amide bonds. The summed E-state index contributed by atoms with van der Waals surface area (Å²) in [6, 6.07) is 8.66. The minimum Gasteiger partial charge on any atom is -0.323 e. The highest BCUT2D eigenvalue weighted by Gasteiger charge is 2.20. The fourth-order valence-electron chi connectivity index (χ4n) is 3.25. The number of aryl methyl sites for hydroxylation is 1. The van der Waals surface area contributed by atoms with Crippen LogP contribution in [-0.2, 0) is 0 Å². The van der Waals surface area contributed by atoms with Gasteiger partial charge in [-0.15, -0.1) is 0 Å². The molecule has 2 N–H and O–H groups in total. The Bertz CT molecular complexity index is 381. The van der Waals surface area contributed by atoms with E-state index in [1.807, 2.05) is 0 Å². The second-order valence-corrected chi connectivity index (χ2v) is 6.00. The lowest BCUT2D eigenvalue weighted by atomic mass is 9.92. The van der Waals surface area contributed by atoms with Gasteiger partial charge in [0.05, 0.1) is 0 Å². The Morgan fingerprint density at radius 1 is 1.26 bits per heavy atom. The molecule has 1 aliphatic heterocycles. The van der Waals surface area contributed by atoms with Crippen LogP contribution in [0.3, 0.4) is 0 Å². The van der Waals surface area contributed by atoms with E-state index >= 15 is 0 Å². The zero-order valence-electron chi connectivity index (χ0n) is 12.4. The average molecular weight is 260 g/mol. The van der Waals surface area contributed by atoms with E-state index in [9.17, 15) is 0 Å². The third-order valence-corrected chi connectivity index (χ3v) is 4.45. The monoisotopic (exact) mass is 260 g/mol. The van der Waals surface area contributed by atoms with Gasteiger partial charge in [0.2, 0.25) is 0 Å². The molecule has 2 heteroatoms. The number of likely N-dealkylation sites (tertiary alicyclic amines) is 1. The van der Waals surface area contributed by atoms with E-state index in [4.69, 9.17) is 5.73 Å². The zero-order valence-corrected chi connectivity index (χ0v) is 12.4. The molecule has 0 aliphatic carbocycles. The first-order chi connectivity index (χ1) is 9.20. The van der Waals surface area contributed by atoms with Crippen molar-refractivity contribution < 1.29 is 0 Å². The molecule has 19 heavy (non-hydrogen) atoms. The Kier molecular flexibility index (Phi) is 5.41. The van der Waals surface area contributed by atoms with Crippen LogP contribution in [0.2, 0.25) is 0 Å². The molecular weight excluding hydrogens is 232 g/mol. The molecule has 1 fully saturated rings. The van der Waals surface area contributed by atoms with Crippen LogP contribution in [-0.4, -0.2) is 24.5 Å². The summed E-state index contributed by atoms with van der Waals surface area (Å²) in [5.41, 5.74) is 9.00. The molecule has 0 radical (unpaired) electrons. The molecule has 0 saturated carbocycles. The van der Waals surface area contributed by atoms with Crippen LogP contribution in [0, 0.1) is 12.8 Å². The van der Waals surface area contributed by atoms with Crippen LogP contribution in [0.25, 0.3) is 0 Å². The van der Waals surface area contributed by atoms with E-state index in [0.717, 1.165) is 12.5 Å². The highest BCUT2D eigenvalue weighted by Crippen LogP contribution is 2.23. The minimum atomic E-state index is 0.156. The van der Waals surface area contributed by atoms with Crippen LogP contribution < -0.4 is 5.73 Å². The SMILES string of the molecule is CCCC1CCN(CC(N)c2ccccc2C)CC1. The summed E-state index contributed by atoms with van der Waals surface area (Å²) < 4.78 is 0. The normalized spacial score (nSPS) is 19.5. The van der Waals surface area contributed by atoms with Gasteiger partial charge in [-0.1, -0.05) is 44.0 Å². The van der Waals surface area contributed by atoms with E-state index < -0.39 is 0 Å². The molecule has 1 aromatic rings. The quantitative estimate of drug-likeness (QED) is 0.878. The molecule has 0 bridgehead atoms. The smallest absolute Gasteiger partial charge is 0.0426 e. The Morgan fingerprint density at radius 3 is 2.58 bits per heavy atom.